The molecule has 0 saturated heterocycles. The number of hydrogen-bond donors (Lipinski definition) is 0. The molecule has 0 N–H and O–H groups in total. The zero-order chi connectivity index (χ0) is 18.2. The maximum Gasteiger partial charge on any atom is 0.310 e. The number of carbonyl (C=O) groups is 1. The summed E-state index contributed by atoms with van der Waals surface area (Å²) in [5.41, 5.74) is -1.76. The van der Waals surface area contributed by atoms with Crippen molar-refractivity contribution >= 4 is 5.97 Å². The molecule has 1 aromatic rings. The van der Waals surface area contributed by atoms with E-state index >= 15 is 0 Å². The summed E-state index contributed by atoms with van der Waals surface area (Å²) in [6.45, 7) is 2.23. The van der Waals surface area contributed by atoms with E-state index < -0.39 is 64.5 Å². The van der Waals surface area contributed by atoms with E-state index in [0.29, 0.717) is 0 Å². The molecular weight excluding hydrogens is 333 g/mol. The molecule has 2 atom stereocenters. The molecule has 0 aliphatic heterocycles. The van der Waals surface area contributed by atoms with E-state index in [-0.39, 0.29) is 6.07 Å². The fourth-order valence-corrected chi connectivity index (χ4v) is 2.62. The van der Waals surface area contributed by atoms with Crippen molar-refractivity contribution in [1.82, 2.24) is 0 Å². The molecule has 8 heteroatoms. The number of nitriles is 1. The van der Waals surface area contributed by atoms with Crippen molar-refractivity contribution < 1.29 is 31.5 Å². The lowest BCUT2D eigenvalue weighted by Gasteiger charge is -2.09. The fourth-order valence-electron chi connectivity index (χ4n) is 2.62. The molecule has 2 unspecified atom stereocenters. The Bertz CT molecular complexity index is 740. The summed E-state index contributed by atoms with van der Waals surface area (Å²) in [6, 6.07) is 1.33. The van der Waals surface area contributed by atoms with Gasteiger partial charge in [-0.15, -0.1) is 0 Å². The number of nitrogens with zero attached hydrogens (tertiary/aromatic N) is 1. The maximum absolute atomic E-state index is 13.5. The van der Waals surface area contributed by atoms with Gasteiger partial charge in [-0.25, -0.2) is 17.6 Å². The number of benzene rings is 1. The highest BCUT2D eigenvalue weighted by atomic mass is 19.2. The summed E-state index contributed by atoms with van der Waals surface area (Å²) in [6.07, 6.45) is 0.967. The third kappa shape index (κ3) is 3.11. The first-order chi connectivity index (χ1) is 11.1. The van der Waals surface area contributed by atoms with Gasteiger partial charge in [0.05, 0.1) is 11.5 Å². The fraction of sp³-hybridized carbons (Fsp3) is 0.375. The van der Waals surface area contributed by atoms with Crippen molar-refractivity contribution in [2.45, 2.75) is 20.5 Å². The third-order valence-electron chi connectivity index (χ3n) is 4.16. The van der Waals surface area contributed by atoms with Crippen LogP contribution in [0.2, 0.25) is 0 Å². The maximum atomic E-state index is 13.5. The molecule has 0 amide bonds. The number of halogens is 5. The van der Waals surface area contributed by atoms with Crippen LogP contribution >= 0.6 is 0 Å². The van der Waals surface area contributed by atoms with Crippen LogP contribution in [0.3, 0.4) is 0 Å². The lowest BCUT2D eigenvalue weighted by molar-refractivity contribution is -0.147. The molecule has 0 heterocycles. The molecule has 0 aromatic heterocycles. The first kappa shape index (κ1) is 17.9. The quantitative estimate of drug-likeness (QED) is 0.359. The molecule has 1 saturated carbocycles. The van der Waals surface area contributed by atoms with Gasteiger partial charge in [0, 0.05) is 12.0 Å². The van der Waals surface area contributed by atoms with Crippen molar-refractivity contribution in [1.29, 1.82) is 5.26 Å². The van der Waals surface area contributed by atoms with Crippen LogP contribution in [0, 0.1) is 51.9 Å². The van der Waals surface area contributed by atoms with Gasteiger partial charge >= 0.3 is 5.97 Å². The number of rotatable bonds is 4. The summed E-state index contributed by atoms with van der Waals surface area (Å²) in [5, 5.41) is 8.41. The molecule has 128 valence electrons. The number of carbonyl (C=O) groups excluding carboxylic acids is 1. The Morgan fingerprint density at radius 3 is 2.33 bits per heavy atom. The minimum Gasteiger partial charge on any atom is -0.460 e. The van der Waals surface area contributed by atoms with Crippen LogP contribution in [-0.4, -0.2) is 5.97 Å². The van der Waals surface area contributed by atoms with Crippen molar-refractivity contribution in [3.63, 3.8) is 0 Å². The number of allylic oxidation sites excluding steroid dienone is 2. The van der Waals surface area contributed by atoms with Crippen LogP contribution in [0.1, 0.15) is 19.4 Å². The van der Waals surface area contributed by atoms with Gasteiger partial charge in [0.1, 0.15) is 12.7 Å². The largest absolute Gasteiger partial charge is 0.460 e. The van der Waals surface area contributed by atoms with Crippen LogP contribution < -0.4 is 0 Å². The molecule has 1 aromatic carbocycles. The van der Waals surface area contributed by atoms with Gasteiger partial charge in [-0.05, 0) is 11.5 Å². The van der Waals surface area contributed by atoms with Gasteiger partial charge in [-0.1, -0.05) is 13.8 Å². The van der Waals surface area contributed by atoms with Crippen LogP contribution in [0.5, 0.6) is 0 Å². The minimum atomic E-state index is -1.65. The molecule has 0 bridgehead atoms. The predicted molar refractivity (Wildman–Crippen MR) is 71.6 cm³/mol. The molecule has 1 aliphatic rings. The van der Waals surface area contributed by atoms with Gasteiger partial charge in [0.2, 0.25) is 0 Å². The zero-order valence-corrected chi connectivity index (χ0v) is 12.7. The van der Waals surface area contributed by atoms with E-state index in [4.69, 9.17) is 10.00 Å². The molecule has 2 rings (SSSR count). The Hall–Kier alpha value is -2.43. The molecule has 0 radical (unpaired) electrons. The number of hydrogen-bond acceptors (Lipinski definition) is 3. The lowest BCUT2D eigenvalue weighted by Crippen LogP contribution is -2.13. The van der Waals surface area contributed by atoms with E-state index in [1.165, 1.54) is 6.07 Å². The Morgan fingerprint density at radius 2 is 1.83 bits per heavy atom. The Morgan fingerprint density at radius 1 is 1.29 bits per heavy atom. The summed E-state index contributed by atoms with van der Waals surface area (Å²) in [4.78, 5) is 12.0. The van der Waals surface area contributed by atoms with Crippen molar-refractivity contribution in [3.05, 3.63) is 46.8 Å². The van der Waals surface area contributed by atoms with Gasteiger partial charge in [0.15, 0.2) is 29.1 Å². The number of esters is 1. The van der Waals surface area contributed by atoms with Crippen molar-refractivity contribution in [2.75, 3.05) is 0 Å². The second-order valence-electron chi connectivity index (χ2n) is 6.01. The van der Waals surface area contributed by atoms with Gasteiger partial charge < -0.3 is 4.74 Å². The second-order valence-corrected chi connectivity index (χ2v) is 6.01. The molecule has 1 aliphatic carbocycles. The monoisotopic (exact) mass is 345 g/mol. The summed E-state index contributed by atoms with van der Waals surface area (Å²) in [5.74, 6) is -9.94. The highest BCUT2D eigenvalue weighted by Gasteiger charge is 2.61. The molecule has 24 heavy (non-hydrogen) atoms. The molecule has 3 nitrogen and oxygen atoms in total. The predicted octanol–water partition coefficient (Wildman–Crippen LogP) is 3.94. The SMILES string of the molecule is CC1(C)C(/C=C(/F)C#N)C1C(=O)OCc1c(F)c(F)cc(F)c1F. The van der Waals surface area contributed by atoms with Crippen molar-refractivity contribution in [2.24, 2.45) is 17.3 Å². The van der Waals surface area contributed by atoms with Gasteiger partial charge in [0.25, 0.3) is 0 Å². The van der Waals surface area contributed by atoms with E-state index in [1.54, 1.807) is 13.8 Å². The average molecular weight is 345 g/mol. The van der Waals surface area contributed by atoms with Crippen LogP contribution in [0.25, 0.3) is 0 Å². The van der Waals surface area contributed by atoms with Crippen LogP contribution in [0.15, 0.2) is 18.0 Å². The summed E-state index contributed by atoms with van der Waals surface area (Å²) in [7, 11) is 0. The van der Waals surface area contributed by atoms with Crippen molar-refractivity contribution in [3.8, 4) is 6.07 Å². The lowest BCUT2D eigenvalue weighted by atomic mass is 10.1. The van der Waals surface area contributed by atoms with Gasteiger partial charge in [-0.3, -0.25) is 4.79 Å². The van der Waals surface area contributed by atoms with Gasteiger partial charge in [-0.2, -0.15) is 9.65 Å². The van der Waals surface area contributed by atoms with Crippen LogP contribution in [0.4, 0.5) is 22.0 Å². The first-order valence-electron chi connectivity index (χ1n) is 6.87. The first-order valence-corrected chi connectivity index (χ1v) is 6.87. The van der Waals surface area contributed by atoms with Crippen LogP contribution in [-0.2, 0) is 16.1 Å². The van der Waals surface area contributed by atoms with E-state index in [0.717, 1.165) is 6.08 Å². The summed E-state index contributed by atoms with van der Waals surface area (Å²) < 4.78 is 70.9. The highest BCUT2D eigenvalue weighted by Crippen LogP contribution is 2.59. The van der Waals surface area contributed by atoms with E-state index in [1.807, 2.05) is 0 Å². The molecule has 1 fully saturated rings. The van der Waals surface area contributed by atoms with E-state index in [9.17, 15) is 26.7 Å². The minimum absolute atomic E-state index is 0.0471. The Balaban J connectivity index is 2.12. The Labute approximate surface area is 134 Å². The van der Waals surface area contributed by atoms with E-state index in [2.05, 4.69) is 0 Å². The topological polar surface area (TPSA) is 50.1 Å². The zero-order valence-electron chi connectivity index (χ0n) is 12.7. The molecule has 0 spiro atoms. The number of ether oxygens (including phenoxy) is 1. The standard InChI is InChI=1S/C16H12F5NO2/c1-16(2)9(3-7(17)5-22)12(16)15(23)24-6-8-13(20)10(18)4-11(19)14(8)21/h3-4,9,12H,6H2,1-2H3/b7-3+. The summed E-state index contributed by atoms with van der Waals surface area (Å²) >= 11 is 0. The highest BCUT2D eigenvalue weighted by molar-refractivity contribution is 5.78. The second kappa shape index (κ2) is 6.23. The third-order valence-corrected chi connectivity index (χ3v) is 4.16. The smallest absolute Gasteiger partial charge is 0.310 e. The normalized spacial score (nSPS) is 22.0. The molecular formula is C16H12F5NO2. The Kier molecular flexibility index (Phi) is 4.65. The average Bonchev–Trinajstić information content (AvgIpc) is 3.05.